The van der Waals surface area contributed by atoms with Crippen molar-refractivity contribution in [1.82, 2.24) is 0 Å². The van der Waals surface area contributed by atoms with Gasteiger partial charge in [-0.15, -0.1) is 0 Å². The molecule has 0 aliphatic carbocycles. The largest absolute Gasteiger partial charge is 0.344 e. The Balaban J connectivity index is 3.25. The lowest BCUT2D eigenvalue weighted by Gasteiger charge is -2.12. The third kappa shape index (κ3) is 4.30. The summed E-state index contributed by atoms with van der Waals surface area (Å²) >= 11 is 7.10. The van der Waals surface area contributed by atoms with Crippen LogP contribution in [0.1, 0.15) is 13.8 Å². The molecule has 7 heteroatoms. The van der Waals surface area contributed by atoms with E-state index in [2.05, 4.69) is 11.9 Å². The molecule has 0 aliphatic heterocycles. The Labute approximate surface area is 126 Å². The number of nitro groups is 1. The van der Waals surface area contributed by atoms with Crippen LogP contribution in [0.25, 0.3) is 0 Å². The van der Waals surface area contributed by atoms with E-state index in [1.807, 2.05) is 6.07 Å². The first-order chi connectivity index (χ1) is 9.35. The average molecular weight is 310 g/mol. The van der Waals surface area contributed by atoms with Gasteiger partial charge >= 0.3 is 0 Å². The number of thioether (sulfide) groups is 1. The van der Waals surface area contributed by atoms with E-state index in [0.717, 1.165) is 4.91 Å². The lowest BCUT2D eigenvalue weighted by molar-refractivity contribution is -0.383. The van der Waals surface area contributed by atoms with Crippen LogP contribution in [-0.4, -0.2) is 4.92 Å². The Hall–Kier alpha value is -1.97. The van der Waals surface area contributed by atoms with Gasteiger partial charge in [0.15, 0.2) is 0 Å². The molecule has 104 valence electrons. The van der Waals surface area contributed by atoms with Crippen molar-refractivity contribution in [1.29, 1.82) is 5.26 Å². The van der Waals surface area contributed by atoms with E-state index >= 15 is 0 Å². The molecule has 0 fully saturated rings. The van der Waals surface area contributed by atoms with Crippen LogP contribution < -0.4 is 5.32 Å². The van der Waals surface area contributed by atoms with Gasteiger partial charge in [-0.2, -0.15) is 5.26 Å². The smallest absolute Gasteiger partial charge is 0.292 e. The molecule has 0 amide bonds. The minimum Gasteiger partial charge on any atom is -0.344 e. The average Bonchev–Trinajstić information content (AvgIpc) is 2.36. The fraction of sp³-hybridized carbons (Fsp3) is 0.154. The second kappa shape index (κ2) is 6.98. The van der Waals surface area contributed by atoms with Crippen LogP contribution in [-0.2, 0) is 0 Å². The number of anilines is 1. The molecule has 1 N–H and O–H groups in total. The molecule has 0 bridgehead atoms. The third-order valence-electron chi connectivity index (χ3n) is 2.19. The molecule has 0 unspecified atom stereocenters. The second-order valence-electron chi connectivity index (χ2n) is 3.91. The topological polar surface area (TPSA) is 79.0 Å². The van der Waals surface area contributed by atoms with E-state index in [1.54, 1.807) is 13.8 Å². The molecule has 0 aromatic heterocycles. The van der Waals surface area contributed by atoms with Crippen molar-refractivity contribution in [3.05, 3.63) is 55.4 Å². The van der Waals surface area contributed by atoms with Crippen LogP contribution in [0.2, 0.25) is 5.02 Å². The maximum atomic E-state index is 11.0. The van der Waals surface area contributed by atoms with Crippen molar-refractivity contribution in [2.24, 2.45) is 0 Å². The van der Waals surface area contributed by atoms with Crippen molar-refractivity contribution in [2.75, 3.05) is 5.32 Å². The maximum Gasteiger partial charge on any atom is 0.292 e. The van der Waals surface area contributed by atoms with Crippen molar-refractivity contribution < 1.29 is 4.92 Å². The van der Waals surface area contributed by atoms with Crippen LogP contribution >= 0.6 is 23.4 Å². The van der Waals surface area contributed by atoms with Crippen LogP contribution in [0, 0.1) is 21.4 Å². The molecule has 1 rings (SSSR count). The molecular formula is C13H12ClN3O2S. The van der Waals surface area contributed by atoms with Gasteiger partial charge < -0.3 is 5.32 Å². The fourth-order valence-electron chi connectivity index (χ4n) is 1.31. The molecule has 0 saturated carbocycles. The molecule has 5 nitrogen and oxygen atoms in total. The van der Waals surface area contributed by atoms with E-state index in [1.165, 1.54) is 30.0 Å². The first-order valence-electron chi connectivity index (χ1n) is 5.50. The normalized spacial score (nSPS) is 11.3. The fourth-order valence-corrected chi connectivity index (χ4v) is 2.19. The predicted molar refractivity (Wildman–Crippen MR) is 82.4 cm³/mol. The summed E-state index contributed by atoms with van der Waals surface area (Å²) in [7, 11) is 0. The van der Waals surface area contributed by atoms with Gasteiger partial charge in [0, 0.05) is 11.1 Å². The minimum absolute atomic E-state index is 0.111. The summed E-state index contributed by atoms with van der Waals surface area (Å²) in [6.07, 6.45) is 0. The van der Waals surface area contributed by atoms with Crippen molar-refractivity contribution >= 4 is 34.7 Å². The number of hydrogen-bond donors (Lipinski definition) is 1. The SMILES string of the molecule is C=C(C)S/C(Nc1cc(Cl)ccc1[N+](=O)[O-])=C(\C)C#N. The zero-order chi connectivity index (χ0) is 15.3. The molecule has 0 radical (unpaired) electrons. The number of rotatable bonds is 5. The van der Waals surface area contributed by atoms with E-state index < -0.39 is 4.92 Å². The monoisotopic (exact) mass is 309 g/mol. The first kappa shape index (κ1) is 16.1. The Kier molecular flexibility index (Phi) is 5.62. The van der Waals surface area contributed by atoms with Gasteiger partial charge in [-0.25, -0.2) is 0 Å². The lowest BCUT2D eigenvalue weighted by Crippen LogP contribution is -2.02. The molecular weight excluding hydrogens is 298 g/mol. The summed E-state index contributed by atoms with van der Waals surface area (Å²) in [6, 6.07) is 6.21. The summed E-state index contributed by atoms with van der Waals surface area (Å²) in [5.74, 6) is 0. The number of hydrogen-bond acceptors (Lipinski definition) is 5. The molecule has 1 aromatic rings. The highest BCUT2D eigenvalue weighted by molar-refractivity contribution is 8.06. The molecule has 20 heavy (non-hydrogen) atoms. The number of nitro benzene ring substituents is 1. The lowest BCUT2D eigenvalue weighted by atomic mass is 10.2. The summed E-state index contributed by atoms with van der Waals surface area (Å²) in [5, 5.41) is 23.7. The summed E-state index contributed by atoms with van der Waals surface area (Å²) < 4.78 is 0. The number of halogens is 1. The molecule has 0 saturated heterocycles. The van der Waals surface area contributed by atoms with Crippen molar-refractivity contribution in [3.8, 4) is 6.07 Å². The Bertz CT molecular complexity index is 635. The van der Waals surface area contributed by atoms with E-state index in [0.29, 0.717) is 15.6 Å². The standard InChI is InChI=1S/C13H12ClN3O2S/c1-8(2)20-13(9(3)7-15)16-11-6-10(14)4-5-12(11)17(18)19/h4-6,16H,1H2,2-3H3/b13-9+. The highest BCUT2D eigenvalue weighted by Gasteiger charge is 2.16. The highest BCUT2D eigenvalue weighted by Crippen LogP contribution is 2.33. The molecule has 0 heterocycles. The van der Waals surface area contributed by atoms with Gasteiger partial charge in [0.05, 0.1) is 21.6 Å². The van der Waals surface area contributed by atoms with Gasteiger partial charge in [-0.3, -0.25) is 10.1 Å². The number of allylic oxidation sites excluding steroid dienone is 2. The van der Waals surface area contributed by atoms with Crippen LogP contribution in [0.15, 0.2) is 40.3 Å². The van der Waals surface area contributed by atoms with Gasteiger partial charge in [0.2, 0.25) is 0 Å². The Morgan fingerprint density at radius 3 is 2.70 bits per heavy atom. The number of nitriles is 1. The highest BCUT2D eigenvalue weighted by atomic mass is 35.5. The Morgan fingerprint density at radius 2 is 2.20 bits per heavy atom. The van der Waals surface area contributed by atoms with E-state index in [9.17, 15) is 10.1 Å². The van der Waals surface area contributed by atoms with Gasteiger partial charge in [-0.1, -0.05) is 29.9 Å². The van der Waals surface area contributed by atoms with E-state index in [-0.39, 0.29) is 11.4 Å². The zero-order valence-electron chi connectivity index (χ0n) is 10.9. The van der Waals surface area contributed by atoms with Crippen LogP contribution in [0.4, 0.5) is 11.4 Å². The quantitative estimate of drug-likeness (QED) is 0.485. The number of nitrogens with zero attached hydrogens (tertiary/aromatic N) is 2. The maximum absolute atomic E-state index is 11.0. The zero-order valence-corrected chi connectivity index (χ0v) is 12.5. The summed E-state index contributed by atoms with van der Waals surface area (Å²) in [4.78, 5) is 11.2. The van der Waals surface area contributed by atoms with Gasteiger partial charge in [0.1, 0.15) is 5.69 Å². The summed E-state index contributed by atoms with van der Waals surface area (Å²) in [5.41, 5.74) is 0.535. The first-order valence-corrected chi connectivity index (χ1v) is 6.70. The van der Waals surface area contributed by atoms with Crippen LogP contribution in [0.5, 0.6) is 0 Å². The van der Waals surface area contributed by atoms with Crippen LogP contribution in [0.3, 0.4) is 0 Å². The molecule has 0 spiro atoms. The number of benzene rings is 1. The third-order valence-corrected chi connectivity index (χ3v) is 3.38. The molecule has 0 aliphatic rings. The molecule has 0 atom stereocenters. The Morgan fingerprint density at radius 1 is 1.55 bits per heavy atom. The number of nitrogens with one attached hydrogen (secondary N) is 1. The van der Waals surface area contributed by atoms with Gasteiger partial charge in [-0.05, 0) is 30.9 Å². The predicted octanol–water partition coefficient (Wildman–Crippen LogP) is 4.68. The van der Waals surface area contributed by atoms with E-state index in [4.69, 9.17) is 16.9 Å². The molecule has 1 aromatic carbocycles. The van der Waals surface area contributed by atoms with Crippen molar-refractivity contribution in [3.63, 3.8) is 0 Å². The van der Waals surface area contributed by atoms with Crippen molar-refractivity contribution in [2.45, 2.75) is 13.8 Å². The summed E-state index contributed by atoms with van der Waals surface area (Å²) in [6.45, 7) is 7.15. The minimum atomic E-state index is -0.510. The van der Waals surface area contributed by atoms with Gasteiger partial charge in [0.25, 0.3) is 5.69 Å². The second-order valence-corrected chi connectivity index (χ2v) is 5.66.